The molecule has 0 aliphatic carbocycles. The molecule has 0 radical (unpaired) electrons. The van der Waals surface area contributed by atoms with E-state index >= 15 is 0 Å². The lowest BCUT2D eigenvalue weighted by atomic mass is 10.1. The summed E-state index contributed by atoms with van der Waals surface area (Å²) in [5.74, 6) is -1.28. The van der Waals surface area contributed by atoms with Crippen LogP contribution in [0.25, 0.3) is 0 Å². The van der Waals surface area contributed by atoms with Gasteiger partial charge >= 0.3 is 12.7 Å². The Balaban J connectivity index is 2.73. The number of hydrogen-bond acceptors (Lipinski definition) is 3. The highest BCUT2D eigenvalue weighted by Gasteiger charge is 2.25. The number of rotatable bonds is 5. The van der Waals surface area contributed by atoms with Crippen LogP contribution in [-0.2, 0) is 27.5 Å². The first-order chi connectivity index (χ1) is 7.38. The van der Waals surface area contributed by atoms with Crippen LogP contribution in [0.5, 0.6) is 0 Å². The van der Waals surface area contributed by atoms with Crippen LogP contribution >= 0.6 is 6.72 Å². The maximum atomic E-state index is 10.8. The predicted octanol–water partition coefficient (Wildman–Crippen LogP) is 0.908. The van der Waals surface area contributed by atoms with Gasteiger partial charge in [0, 0.05) is 6.42 Å². The van der Waals surface area contributed by atoms with Crippen molar-refractivity contribution in [3.05, 3.63) is 35.9 Å². The molecule has 0 aliphatic heterocycles. The molecule has 7 heteroatoms. The van der Waals surface area contributed by atoms with Crippen molar-refractivity contribution in [2.24, 2.45) is 0 Å². The summed E-state index contributed by atoms with van der Waals surface area (Å²) in [5.41, 5.74) is 0.721. The van der Waals surface area contributed by atoms with Gasteiger partial charge in [-0.25, -0.2) is 4.79 Å². The van der Waals surface area contributed by atoms with E-state index in [9.17, 15) is 4.79 Å². The Morgan fingerprint density at radius 3 is 2.38 bits per heavy atom. The molecule has 3 N–H and O–H groups in total. The second-order valence-corrected chi connectivity index (χ2v) is 5.73. The first kappa shape index (κ1) is 13.3. The quantitative estimate of drug-likeness (QED) is 0.684. The minimum absolute atomic E-state index is 0.0374. The van der Waals surface area contributed by atoms with Crippen LogP contribution in [0.4, 0.5) is 0 Å². The molecule has 0 saturated carbocycles. The highest BCUT2D eigenvalue weighted by atomic mass is 32.5. The summed E-state index contributed by atoms with van der Waals surface area (Å²) in [7, 11) is 0. The predicted molar refractivity (Wildman–Crippen MR) is 61.4 cm³/mol. The third-order valence-corrected chi connectivity index (χ3v) is 2.59. The molecular weight excluding hydrogens is 251 g/mol. The van der Waals surface area contributed by atoms with Gasteiger partial charge in [-0.3, -0.25) is 4.52 Å². The summed E-state index contributed by atoms with van der Waals surface area (Å²) in [4.78, 5) is 28.6. The van der Waals surface area contributed by atoms with E-state index in [1.807, 2.05) is 0 Å². The second-order valence-electron chi connectivity index (χ2n) is 3.11. The lowest BCUT2D eigenvalue weighted by Gasteiger charge is -2.16. The van der Waals surface area contributed by atoms with E-state index in [2.05, 4.69) is 16.3 Å². The Labute approximate surface area is 97.6 Å². The second kappa shape index (κ2) is 5.52. The third kappa shape index (κ3) is 4.83. The first-order valence-electron chi connectivity index (χ1n) is 4.39. The Bertz CT molecular complexity index is 402. The van der Waals surface area contributed by atoms with E-state index in [-0.39, 0.29) is 6.42 Å². The van der Waals surface area contributed by atoms with Crippen molar-refractivity contribution in [1.82, 2.24) is 0 Å². The number of hydrogen-bond donors (Lipinski definition) is 3. The molecule has 16 heavy (non-hydrogen) atoms. The Hall–Kier alpha value is -0.780. The highest BCUT2D eigenvalue weighted by molar-refractivity contribution is 8.06. The fourth-order valence-electron chi connectivity index (χ4n) is 1.16. The van der Waals surface area contributed by atoms with Crippen LogP contribution in [0.2, 0.25) is 0 Å². The van der Waals surface area contributed by atoms with E-state index in [4.69, 9.17) is 14.9 Å². The van der Waals surface area contributed by atoms with Crippen molar-refractivity contribution in [3.8, 4) is 0 Å². The normalized spacial score (nSPS) is 13.4. The molecule has 88 valence electrons. The molecule has 0 aromatic heterocycles. The van der Waals surface area contributed by atoms with Crippen molar-refractivity contribution in [2.45, 2.75) is 12.5 Å². The summed E-state index contributed by atoms with van der Waals surface area (Å²) >= 11 is 4.23. The van der Waals surface area contributed by atoms with Crippen LogP contribution in [-0.4, -0.2) is 27.0 Å². The number of carboxylic acids is 1. The van der Waals surface area contributed by atoms with Crippen molar-refractivity contribution >= 4 is 24.5 Å². The van der Waals surface area contributed by atoms with E-state index < -0.39 is 18.8 Å². The van der Waals surface area contributed by atoms with Crippen LogP contribution < -0.4 is 0 Å². The lowest BCUT2D eigenvalue weighted by molar-refractivity contribution is -0.145. The molecule has 0 spiro atoms. The zero-order valence-electron chi connectivity index (χ0n) is 8.18. The molecule has 1 aromatic rings. The number of aliphatic carboxylic acids is 1. The van der Waals surface area contributed by atoms with Gasteiger partial charge in [-0.15, -0.1) is 0 Å². The topological polar surface area (TPSA) is 87.0 Å². The molecule has 0 heterocycles. The smallest absolute Gasteiger partial charge is 0.333 e. The van der Waals surface area contributed by atoms with Crippen LogP contribution in [0.1, 0.15) is 5.56 Å². The summed E-state index contributed by atoms with van der Waals surface area (Å²) in [6.07, 6.45) is -1.31. The average Bonchev–Trinajstić information content (AvgIpc) is 2.16. The zero-order valence-corrected chi connectivity index (χ0v) is 9.90. The zero-order chi connectivity index (χ0) is 12.2. The molecule has 1 atom stereocenters. The average molecular weight is 262 g/mol. The monoisotopic (exact) mass is 262 g/mol. The number of carbonyl (C=O) groups is 1. The summed E-state index contributed by atoms with van der Waals surface area (Å²) < 4.78 is 4.54. The van der Waals surface area contributed by atoms with E-state index in [1.54, 1.807) is 30.3 Å². The molecule has 0 amide bonds. The van der Waals surface area contributed by atoms with Crippen molar-refractivity contribution in [1.29, 1.82) is 0 Å². The van der Waals surface area contributed by atoms with E-state index in [0.29, 0.717) is 0 Å². The van der Waals surface area contributed by atoms with Crippen molar-refractivity contribution in [3.63, 3.8) is 0 Å². The maximum Gasteiger partial charge on any atom is 0.333 e. The fraction of sp³-hybridized carbons (Fsp3) is 0.222. The van der Waals surface area contributed by atoms with Gasteiger partial charge in [0.25, 0.3) is 0 Å². The minimum atomic E-state index is -3.96. The summed E-state index contributed by atoms with van der Waals surface area (Å²) in [5, 5.41) is 8.82. The lowest BCUT2D eigenvalue weighted by Crippen LogP contribution is -2.25. The fourth-order valence-corrected chi connectivity index (χ4v) is 1.97. The molecule has 1 aromatic carbocycles. The molecular formula is C9H11O5PS. The molecule has 0 unspecified atom stereocenters. The number of carboxylic acid groups (broad SMARTS) is 1. The van der Waals surface area contributed by atoms with Gasteiger partial charge in [-0.2, -0.15) is 0 Å². The summed E-state index contributed by atoms with van der Waals surface area (Å²) in [6.45, 7) is -3.96. The van der Waals surface area contributed by atoms with Crippen LogP contribution in [0, 0.1) is 0 Å². The Morgan fingerprint density at radius 2 is 1.94 bits per heavy atom. The molecule has 0 bridgehead atoms. The standard InChI is InChI=1S/C9H11O5PS/c10-9(11)8(14-15(12,13)16)6-7-4-2-1-3-5-7/h1-5,8H,6H2,(H,10,11)(H2,12,13,16)/t8-/m0/s1. The Morgan fingerprint density at radius 1 is 1.38 bits per heavy atom. The Kier molecular flexibility index (Phi) is 4.58. The van der Waals surface area contributed by atoms with Gasteiger partial charge < -0.3 is 14.9 Å². The molecule has 5 nitrogen and oxygen atoms in total. The first-order valence-corrected chi connectivity index (χ1v) is 7.02. The SMILES string of the molecule is O=C(O)[C@H](Cc1ccccc1)OP(O)(O)=S. The van der Waals surface area contributed by atoms with E-state index in [0.717, 1.165) is 5.56 Å². The summed E-state index contributed by atoms with van der Waals surface area (Å²) in [6, 6.07) is 8.74. The van der Waals surface area contributed by atoms with Crippen molar-refractivity contribution < 1.29 is 24.2 Å². The van der Waals surface area contributed by atoms with Crippen LogP contribution in [0.3, 0.4) is 0 Å². The van der Waals surface area contributed by atoms with Gasteiger partial charge in [-0.05, 0) is 17.4 Å². The molecule has 1 rings (SSSR count). The van der Waals surface area contributed by atoms with E-state index in [1.165, 1.54) is 0 Å². The van der Waals surface area contributed by atoms with Gasteiger partial charge in [-0.1, -0.05) is 30.3 Å². The van der Waals surface area contributed by atoms with Crippen molar-refractivity contribution in [2.75, 3.05) is 0 Å². The minimum Gasteiger partial charge on any atom is -0.479 e. The maximum absolute atomic E-state index is 10.8. The van der Waals surface area contributed by atoms with Gasteiger partial charge in [0.15, 0.2) is 6.10 Å². The van der Waals surface area contributed by atoms with Gasteiger partial charge in [0.1, 0.15) is 0 Å². The van der Waals surface area contributed by atoms with Gasteiger partial charge in [0.2, 0.25) is 0 Å². The molecule has 0 aliphatic rings. The van der Waals surface area contributed by atoms with Gasteiger partial charge in [0.05, 0.1) is 0 Å². The highest BCUT2D eigenvalue weighted by Crippen LogP contribution is 2.38. The number of benzene rings is 1. The third-order valence-electron chi connectivity index (χ3n) is 1.80. The molecule has 0 fully saturated rings. The van der Waals surface area contributed by atoms with Crippen LogP contribution in [0.15, 0.2) is 30.3 Å². The molecule has 0 saturated heterocycles. The largest absolute Gasteiger partial charge is 0.479 e.